The molecule has 2 aromatic heterocycles. The van der Waals surface area contributed by atoms with Crippen molar-refractivity contribution in [3.63, 3.8) is 0 Å². The number of furan rings is 1. The normalized spacial score (nSPS) is 14.8. The molecule has 0 radical (unpaired) electrons. The molecular weight excluding hydrogens is 340 g/mol. The van der Waals surface area contributed by atoms with E-state index in [9.17, 15) is 4.79 Å². The van der Waals surface area contributed by atoms with Crippen LogP contribution in [0.4, 0.5) is 0 Å². The second-order valence-electron chi connectivity index (χ2n) is 5.62. The van der Waals surface area contributed by atoms with Gasteiger partial charge in [-0.1, -0.05) is 17.4 Å². The van der Waals surface area contributed by atoms with Gasteiger partial charge in [0.05, 0.1) is 31.2 Å². The van der Waals surface area contributed by atoms with Crippen LogP contribution in [0.15, 0.2) is 47.1 Å². The van der Waals surface area contributed by atoms with E-state index in [-0.39, 0.29) is 12.0 Å². The number of likely N-dealkylation sites (tertiary alicyclic amines) is 1. The Morgan fingerprint density at radius 2 is 2.24 bits per heavy atom. The number of hydrogen-bond donors (Lipinski definition) is 0. The molecule has 1 saturated heterocycles. The Balaban J connectivity index is 1.34. The van der Waals surface area contributed by atoms with Crippen LogP contribution in [0.3, 0.4) is 0 Å². The van der Waals surface area contributed by atoms with Crippen molar-refractivity contribution in [3.8, 4) is 10.9 Å². The summed E-state index contributed by atoms with van der Waals surface area (Å²) in [7, 11) is 1.63. The molecule has 0 spiro atoms. The molecule has 7 heteroatoms. The Morgan fingerprint density at radius 3 is 3.00 bits per heavy atom. The van der Waals surface area contributed by atoms with Crippen LogP contribution in [0.5, 0.6) is 10.9 Å². The van der Waals surface area contributed by atoms with Crippen molar-refractivity contribution in [2.75, 3.05) is 20.2 Å². The molecule has 0 aliphatic carbocycles. The van der Waals surface area contributed by atoms with E-state index in [1.165, 1.54) is 17.4 Å². The minimum absolute atomic E-state index is 0.0347. The Bertz CT molecular complexity index is 910. The summed E-state index contributed by atoms with van der Waals surface area (Å²) in [6.07, 6.45) is 4.71. The summed E-state index contributed by atoms with van der Waals surface area (Å²) in [5.74, 6) is 1.34. The van der Waals surface area contributed by atoms with E-state index < -0.39 is 0 Å². The van der Waals surface area contributed by atoms with E-state index in [1.807, 2.05) is 18.2 Å². The van der Waals surface area contributed by atoms with Crippen molar-refractivity contribution >= 4 is 33.5 Å². The first kappa shape index (κ1) is 15.7. The first-order valence-corrected chi connectivity index (χ1v) is 8.65. The van der Waals surface area contributed by atoms with Gasteiger partial charge in [0.2, 0.25) is 5.91 Å². The number of rotatable bonds is 5. The summed E-state index contributed by atoms with van der Waals surface area (Å²) in [6.45, 7) is 1.10. The Kier molecular flexibility index (Phi) is 4.15. The lowest BCUT2D eigenvalue weighted by molar-refractivity contribution is -0.134. The van der Waals surface area contributed by atoms with Gasteiger partial charge >= 0.3 is 0 Å². The lowest BCUT2D eigenvalue weighted by Gasteiger charge is -2.37. The molecule has 0 bridgehead atoms. The molecule has 128 valence electrons. The van der Waals surface area contributed by atoms with Crippen molar-refractivity contribution < 1.29 is 18.7 Å². The van der Waals surface area contributed by atoms with E-state index in [0.29, 0.717) is 24.0 Å². The van der Waals surface area contributed by atoms with Gasteiger partial charge in [-0.2, -0.15) is 4.98 Å². The topological polar surface area (TPSA) is 64.8 Å². The van der Waals surface area contributed by atoms with Crippen LogP contribution in [0.1, 0.15) is 5.76 Å². The van der Waals surface area contributed by atoms with Gasteiger partial charge in [-0.15, -0.1) is 0 Å². The molecule has 1 aliphatic heterocycles. The molecule has 1 aliphatic rings. The van der Waals surface area contributed by atoms with Crippen LogP contribution in [0, 0.1) is 0 Å². The number of amides is 1. The molecule has 1 amide bonds. The molecule has 1 fully saturated rings. The highest BCUT2D eigenvalue weighted by Gasteiger charge is 2.32. The third-order valence-corrected chi connectivity index (χ3v) is 4.85. The van der Waals surface area contributed by atoms with Crippen LogP contribution >= 0.6 is 11.3 Å². The number of ether oxygens (including phenoxy) is 2. The van der Waals surface area contributed by atoms with E-state index in [0.717, 1.165) is 16.0 Å². The van der Waals surface area contributed by atoms with Gasteiger partial charge in [-0.25, -0.2) is 0 Å². The number of carbonyl (C=O) groups excluding carboxylic acids is 1. The average molecular weight is 356 g/mol. The van der Waals surface area contributed by atoms with Gasteiger partial charge in [-0.05, 0) is 30.3 Å². The summed E-state index contributed by atoms with van der Waals surface area (Å²) < 4.78 is 17.4. The van der Waals surface area contributed by atoms with Crippen LogP contribution in [-0.4, -0.2) is 42.1 Å². The number of aromatic nitrogens is 1. The van der Waals surface area contributed by atoms with E-state index in [4.69, 9.17) is 13.9 Å². The largest absolute Gasteiger partial charge is 0.494 e. The zero-order chi connectivity index (χ0) is 17.2. The zero-order valence-corrected chi connectivity index (χ0v) is 14.4. The molecule has 3 heterocycles. The monoisotopic (exact) mass is 356 g/mol. The number of nitrogens with zero attached hydrogens (tertiary/aromatic N) is 2. The summed E-state index contributed by atoms with van der Waals surface area (Å²) in [6, 6.07) is 9.37. The minimum Gasteiger partial charge on any atom is -0.494 e. The summed E-state index contributed by atoms with van der Waals surface area (Å²) in [4.78, 5) is 18.3. The molecule has 0 atom stereocenters. The summed E-state index contributed by atoms with van der Waals surface area (Å²) >= 11 is 1.48. The first-order valence-electron chi connectivity index (χ1n) is 7.83. The predicted molar refractivity (Wildman–Crippen MR) is 94.9 cm³/mol. The molecule has 1 aromatic carbocycles. The highest BCUT2D eigenvalue weighted by atomic mass is 32.1. The van der Waals surface area contributed by atoms with Gasteiger partial charge in [0.15, 0.2) is 0 Å². The lowest BCUT2D eigenvalue weighted by atomic mass is 10.1. The zero-order valence-electron chi connectivity index (χ0n) is 13.5. The molecule has 25 heavy (non-hydrogen) atoms. The number of thiazole rings is 1. The van der Waals surface area contributed by atoms with E-state index in [1.54, 1.807) is 36.5 Å². The first-order chi connectivity index (χ1) is 12.2. The highest BCUT2D eigenvalue weighted by Crippen LogP contribution is 2.34. The van der Waals surface area contributed by atoms with Gasteiger partial charge in [0.1, 0.15) is 23.1 Å². The Labute approximate surface area is 148 Å². The second kappa shape index (κ2) is 6.60. The minimum atomic E-state index is -0.0535. The Morgan fingerprint density at radius 1 is 1.36 bits per heavy atom. The van der Waals surface area contributed by atoms with Gasteiger partial charge < -0.3 is 18.8 Å². The average Bonchev–Trinajstić information content (AvgIpc) is 3.24. The standard InChI is InChI=1S/C18H16N2O4S/c1-22-14-5-2-6-15-17(14)19-18(25-15)24-13-10-20(11-13)16(21)8-7-12-4-3-9-23-12/h2-9,13H,10-11H2,1H3. The van der Waals surface area contributed by atoms with Gasteiger partial charge in [0.25, 0.3) is 5.19 Å². The number of fused-ring (bicyclic) bond motifs is 1. The van der Waals surface area contributed by atoms with Crippen molar-refractivity contribution in [3.05, 3.63) is 48.4 Å². The maximum Gasteiger partial charge on any atom is 0.274 e. The van der Waals surface area contributed by atoms with Crippen molar-refractivity contribution in [2.45, 2.75) is 6.10 Å². The third-order valence-electron chi connectivity index (χ3n) is 3.94. The fraction of sp³-hybridized carbons (Fsp3) is 0.222. The second-order valence-corrected chi connectivity index (χ2v) is 6.61. The smallest absolute Gasteiger partial charge is 0.274 e. The number of hydrogen-bond acceptors (Lipinski definition) is 6. The van der Waals surface area contributed by atoms with Crippen molar-refractivity contribution in [2.24, 2.45) is 0 Å². The maximum absolute atomic E-state index is 12.1. The summed E-state index contributed by atoms with van der Waals surface area (Å²) in [5, 5.41) is 0.600. The van der Waals surface area contributed by atoms with E-state index >= 15 is 0 Å². The number of methoxy groups -OCH3 is 1. The molecular formula is C18H16N2O4S. The number of para-hydroxylation sites is 1. The fourth-order valence-corrected chi connectivity index (χ4v) is 3.50. The fourth-order valence-electron chi connectivity index (χ4n) is 2.60. The van der Waals surface area contributed by atoms with E-state index in [2.05, 4.69) is 4.98 Å². The molecule has 6 nitrogen and oxygen atoms in total. The van der Waals surface area contributed by atoms with Gasteiger partial charge in [0, 0.05) is 6.08 Å². The quantitative estimate of drug-likeness (QED) is 0.657. The SMILES string of the molecule is COc1cccc2sc(OC3CN(C(=O)C=Cc4ccco4)C3)nc12. The third kappa shape index (κ3) is 3.23. The number of benzene rings is 1. The summed E-state index contributed by atoms with van der Waals surface area (Å²) in [5.41, 5.74) is 0.804. The molecule has 0 unspecified atom stereocenters. The number of carbonyl (C=O) groups is 1. The van der Waals surface area contributed by atoms with Gasteiger partial charge in [-0.3, -0.25) is 4.79 Å². The molecule has 0 saturated carbocycles. The lowest BCUT2D eigenvalue weighted by Crippen LogP contribution is -2.55. The highest BCUT2D eigenvalue weighted by molar-refractivity contribution is 7.20. The maximum atomic E-state index is 12.1. The van der Waals surface area contributed by atoms with Crippen LogP contribution < -0.4 is 9.47 Å². The molecule has 0 N–H and O–H groups in total. The van der Waals surface area contributed by atoms with Crippen LogP contribution in [0.2, 0.25) is 0 Å². The molecule has 4 rings (SSSR count). The van der Waals surface area contributed by atoms with Crippen molar-refractivity contribution in [1.29, 1.82) is 0 Å². The van der Waals surface area contributed by atoms with Crippen molar-refractivity contribution in [1.82, 2.24) is 9.88 Å². The Hall–Kier alpha value is -2.80. The van der Waals surface area contributed by atoms with Crippen LogP contribution in [0.25, 0.3) is 16.3 Å². The molecule has 3 aromatic rings. The van der Waals surface area contributed by atoms with Crippen LogP contribution in [-0.2, 0) is 4.79 Å². The predicted octanol–water partition coefficient (Wildman–Crippen LogP) is 3.20.